The van der Waals surface area contributed by atoms with Crippen molar-refractivity contribution in [1.82, 2.24) is 5.32 Å². The van der Waals surface area contributed by atoms with E-state index >= 15 is 0 Å². The predicted molar refractivity (Wildman–Crippen MR) is 99.8 cm³/mol. The Hall–Kier alpha value is -1.86. The average Bonchev–Trinajstić information content (AvgIpc) is 2.67. The molecule has 1 aromatic rings. The van der Waals surface area contributed by atoms with E-state index in [4.69, 9.17) is 4.74 Å². The first kappa shape index (κ1) is 19.5. The molecule has 0 spiro atoms. The second-order valence-corrected chi connectivity index (χ2v) is 7.74. The Labute approximate surface area is 161 Å². The normalized spacial score (nSPS) is 34.5. The lowest BCUT2D eigenvalue weighted by atomic mass is 9.72. The maximum atomic E-state index is 14.6. The monoisotopic (exact) mass is 396 g/mol. The predicted octanol–water partition coefficient (Wildman–Crippen LogP) is 4.64. The van der Waals surface area contributed by atoms with Gasteiger partial charge in [-0.3, -0.25) is 0 Å². The molecule has 28 heavy (non-hydrogen) atoms. The molecule has 3 nitrogen and oxygen atoms in total. The van der Waals surface area contributed by atoms with Crippen LogP contribution in [0.25, 0.3) is 0 Å². The van der Waals surface area contributed by atoms with E-state index in [1.165, 1.54) is 18.2 Å². The molecule has 1 aliphatic carbocycles. The van der Waals surface area contributed by atoms with Crippen molar-refractivity contribution in [2.45, 2.75) is 43.4 Å². The second-order valence-electron chi connectivity index (χ2n) is 7.74. The fourth-order valence-electron chi connectivity index (χ4n) is 4.64. The highest BCUT2D eigenvalue weighted by Gasteiger charge is 2.46. The molecule has 2 unspecified atom stereocenters. The van der Waals surface area contributed by atoms with Crippen molar-refractivity contribution in [1.29, 1.82) is 0 Å². The number of alkyl halides is 4. The number of likely N-dealkylation sites (N-methyl/N-ethyl adjacent to an activating group) is 1. The Kier molecular flexibility index (Phi) is 5.22. The van der Waals surface area contributed by atoms with Crippen molar-refractivity contribution >= 4 is 5.69 Å². The molecule has 4 rings (SSSR count). The largest absolute Gasteiger partial charge is 0.416 e. The van der Waals surface area contributed by atoms with Gasteiger partial charge in [-0.25, -0.2) is 4.39 Å². The van der Waals surface area contributed by atoms with Crippen molar-refractivity contribution in [3.8, 4) is 0 Å². The van der Waals surface area contributed by atoms with Gasteiger partial charge in [0.1, 0.15) is 6.17 Å². The number of rotatable bonds is 3. The lowest BCUT2D eigenvalue weighted by Gasteiger charge is -2.48. The molecule has 0 amide bonds. The van der Waals surface area contributed by atoms with Gasteiger partial charge in [0.15, 0.2) is 0 Å². The third-order valence-corrected chi connectivity index (χ3v) is 5.97. The Morgan fingerprint density at radius 3 is 2.68 bits per heavy atom. The number of ether oxygens (including phenoxy) is 1. The minimum Gasteiger partial charge on any atom is -0.381 e. The summed E-state index contributed by atoms with van der Waals surface area (Å²) in [4.78, 5) is 0. The Bertz CT molecular complexity index is 776. The molecule has 2 heterocycles. The van der Waals surface area contributed by atoms with Gasteiger partial charge in [-0.05, 0) is 38.1 Å². The van der Waals surface area contributed by atoms with E-state index in [9.17, 15) is 17.6 Å². The summed E-state index contributed by atoms with van der Waals surface area (Å²) >= 11 is 0. The van der Waals surface area contributed by atoms with Gasteiger partial charge in [0, 0.05) is 35.7 Å². The van der Waals surface area contributed by atoms with E-state index < -0.39 is 24.0 Å². The summed E-state index contributed by atoms with van der Waals surface area (Å²) in [5, 5.41) is 6.41. The summed E-state index contributed by atoms with van der Waals surface area (Å²) in [6.45, 7) is 0.632. The lowest BCUT2D eigenvalue weighted by Crippen LogP contribution is -2.49. The second kappa shape index (κ2) is 7.52. The molecular formula is C21H24F4N2O. The van der Waals surface area contributed by atoms with Gasteiger partial charge in [0.05, 0.1) is 17.8 Å². The molecule has 7 heteroatoms. The van der Waals surface area contributed by atoms with E-state index in [1.54, 1.807) is 6.08 Å². The van der Waals surface area contributed by atoms with Gasteiger partial charge in [-0.2, -0.15) is 13.2 Å². The van der Waals surface area contributed by atoms with Crippen molar-refractivity contribution in [3.63, 3.8) is 0 Å². The molecule has 1 aromatic carbocycles. The van der Waals surface area contributed by atoms with Crippen LogP contribution in [0.5, 0.6) is 0 Å². The smallest absolute Gasteiger partial charge is 0.381 e. The molecule has 2 aliphatic heterocycles. The van der Waals surface area contributed by atoms with E-state index in [0.717, 1.165) is 18.9 Å². The highest BCUT2D eigenvalue weighted by Crippen LogP contribution is 2.49. The summed E-state index contributed by atoms with van der Waals surface area (Å²) in [5.74, 6) is -0.471. The van der Waals surface area contributed by atoms with Crippen molar-refractivity contribution in [2.24, 2.45) is 11.8 Å². The first-order valence-corrected chi connectivity index (χ1v) is 9.65. The first-order valence-electron chi connectivity index (χ1n) is 9.65. The first-order chi connectivity index (χ1) is 13.4. The van der Waals surface area contributed by atoms with E-state index in [1.807, 2.05) is 19.2 Å². The lowest BCUT2D eigenvalue weighted by molar-refractivity contribution is -0.138. The van der Waals surface area contributed by atoms with Crippen molar-refractivity contribution in [2.75, 3.05) is 18.9 Å². The summed E-state index contributed by atoms with van der Waals surface area (Å²) in [6, 6.07) is 3.46. The van der Waals surface area contributed by atoms with Crippen LogP contribution in [0.1, 0.15) is 30.1 Å². The number of anilines is 1. The number of hydrogen-bond donors (Lipinski definition) is 2. The minimum absolute atomic E-state index is 0.0737. The standard InChI is InChI=1S/C21H24F4N2O/c1-26-11-13-7-8-15-19(14-4-2-3-5-17(14)22)27-18-9-6-12(21(23,24)25)10-16(18)20(15)28-13/h2-6,9-10,13-15,17,19-20,26-27H,7-8,11H2,1H3/t13-,14?,15+,17?,19+,20+/m1/s1. The Balaban J connectivity index is 1.72. The fourth-order valence-corrected chi connectivity index (χ4v) is 4.64. The molecular weight excluding hydrogens is 372 g/mol. The number of allylic oxidation sites excluding steroid dienone is 3. The molecule has 1 fully saturated rings. The zero-order chi connectivity index (χ0) is 19.9. The molecule has 3 aliphatic rings. The van der Waals surface area contributed by atoms with Crippen LogP contribution in [0.15, 0.2) is 42.5 Å². The van der Waals surface area contributed by atoms with Gasteiger partial charge in [-0.15, -0.1) is 0 Å². The Morgan fingerprint density at radius 2 is 1.96 bits per heavy atom. The highest BCUT2D eigenvalue weighted by atomic mass is 19.4. The number of hydrogen-bond acceptors (Lipinski definition) is 3. The molecule has 0 bridgehead atoms. The van der Waals surface area contributed by atoms with Crippen LogP contribution in [-0.2, 0) is 10.9 Å². The van der Waals surface area contributed by atoms with Gasteiger partial charge in [0.25, 0.3) is 0 Å². The molecule has 1 saturated heterocycles. The molecule has 0 aromatic heterocycles. The quantitative estimate of drug-likeness (QED) is 0.731. The summed E-state index contributed by atoms with van der Waals surface area (Å²) in [7, 11) is 1.82. The number of nitrogens with one attached hydrogen (secondary N) is 2. The number of benzene rings is 1. The third kappa shape index (κ3) is 3.57. The maximum Gasteiger partial charge on any atom is 0.416 e. The zero-order valence-electron chi connectivity index (χ0n) is 15.5. The number of halogens is 4. The van der Waals surface area contributed by atoms with Gasteiger partial charge < -0.3 is 15.4 Å². The van der Waals surface area contributed by atoms with Crippen LogP contribution in [0.4, 0.5) is 23.2 Å². The van der Waals surface area contributed by atoms with Crippen LogP contribution in [0.3, 0.4) is 0 Å². The molecule has 0 radical (unpaired) electrons. The van der Waals surface area contributed by atoms with Crippen LogP contribution < -0.4 is 10.6 Å². The number of fused-ring (bicyclic) bond motifs is 3. The molecule has 6 atom stereocenters. The summed E-state index contributed by atoms with van der Waals surface area (Å²) in [6.07, 6.45) is 2.33. The third-order valence-electron chi connectivity index (χ3n) is 5.97. The average molecular weight is 396 g/mol. The summed E-state index contributed by atoms with van der Waals surface area (Å²) in [5.41, 5.74) is 0.426. The van der Waals surface area contributed by atoms with Gasteiger partial charge in [0.2, 0.25) is 0 Å². The molecule has 0 saturated carbocycles. The van der Waals surface area contributed by atoms with E-state index in [-0.39, 0.29) is 24.0 Å². The van der Waals surface area contributed by atoms with E-state index in [0.29, 0.717) is 17.8 Å². The fraction of sp³-hybridized carbons (Fsp3) is 0.524. The van der Waals surface area contributed by atoms with Crippen molar-refractivity contribution < 1.29 is 22.3 Å². The van der Waals surface area contributed by atoms with E-state index in [2.05, 4.69) is 10.6 Å². The Morgan fingerprint density at radius 1 is 1.18 bits per heavy atom. The zero-order valence-corrected chi connectivity index (χ0v) is 15.5. The topological polar surface area (TPSA) is 33.3 Å². The minimum atomic E-state index is -4.42. The molecule has 152 valence electrons. The summed E-state index contributed by atoms with van der Waals surface area (Å²) < 4.78 is 60.6. The SMILES string of the molecule is CNC[C@H]1CC[C@@H]2[C@H](O1)c1cc(C(F)(F)F)ccc1N[C@H]2C1C=CC=CC1F. The maximum absolute atomic E-state index is 14.6. The van der Waals surface area contributed by atoms with Crippen molar-refractivity contribution in [3.05, 3.63) is 53.6 Å². The van der Waals surface area contributed by atoms with Crippen LogP contribution in [-0.4, -0.2) is 31.9 Å². The highest BCUT2D eigenvalue weighted by molar-refractivity contribution is 5.58. The van der Waals surface area contributed by atoms with Crippen LogP contribution in [0.2, 0.25) is 0 Å². The van der Waals surface area contributed by atoms with Crippen LogP contribution in [0, 0.1) is 11.8 Å². The van der Waals surface area contributed by atoms with Gasteiger partial charge in [-0.1, -0.05) is 24.3 Å². The molecule has 2 N–H and O–H groups in total. The van der Waals surface area contributed by atoms with Crippen LogP contribution >= 0.6 is 0 Å². The van der Waals surface area contributed by atoms with Gasteiger partial charge >= 0.3 is 6.18 Å².